The molecular formula is C15H22N2O. The predicted octanol–water partition coefficient (Wildman–Crippen LogP) is 1.88. The summed E-state index contributed by atoms with van der Waals surface area (Å²) in [5.41, 5.74) is 8.39. The van der Waals surface area contributed by atoms with Crippen LogP contribution in [0.5, 0.6) is 0 Å². The Kier molecular flexibility index (Phi) is 4.37. The first-order valence-corrected chi connectivity index (χ1v) is 6.74. The van der Waals surface area contributed by atoms with Crippen LogP contribution >= 0.6 is 0 Å². The second kappa shape index (κ2) is 6.01. The molecule has 0 spiro atoms. The quantitative estimate of drug-likeness (QED) is 0.885. The van der Waals surface area contributed by atoms with Gasteiger partial charge in [-0.05, 0) is 31.7 Å². The molecule has 0 saturated carbocycles. The molecule has 1 amide bonds. The number of piperidine rings is 1. The molecular weight excluding hydrogens is 224 g/mol. The summed E-state index contributed by atoms with van der Waals surface area (Å²) in [5.74, 6) is 0.242. The molecule has 3 nitrogen and oxygen atoms in total. The van der Waals surface area contributed by atoms with E-state index in [4.69, 9.17) is 5.73 Å². The van der Waals surface area contributed by atoms with Crippen molar-refractivity contribution in [2.75, 3.05) is 13.1 Å². The Morgan fingerprint density at radius 2 is 2.33 bits per heavy atom. The van der Waals surface area contributed by atoms with Crippen LogP contribution in [-0.4, -0.2) is 29.9 Å². The molecule has 0 aliphatic carbocycles. The molecule has 0 unspecified atom stereocenters. The van der Waals surface area contributed by atoms with Gasteiger partial charge in [0.25, 0.3) is 0 Å². The van der Waals surface area contributed by atoms with Gasteiger partial charge < -0.3 is 10.6 Å². The minimum Gasteiger partial charge on any atom is -0.341 e. The Hall–Kier alpha value is -1.35. The summed E-state index contributed by atoms with van der Waals surface area (Å²) in [6.45, 7) is 3.68. The van der Waals surface area contributed by atoms with E-state index >= 15 is 0 Å². The molecule has 1 fully saturated rings. The first-order chi connectivity index (χ1) is 8.65. The summed E-state index contributed by atoms with van der Waals surface area (Å²) >= 11 is 0. The van der Waals surface area contributed by atoms with Crippen molar-refractivity contribution in [3.63, 3.8) is 0 Å². The molecule has 98 valence electrons. The molecule has 1 atom stereocenters. The van der Waals surface area contributed by atoms with E-state index < -0.39 is 0 Å². The Balaban J connectivity index is 1.84. The Morgan fingerprint density at radius 3 is 3.06 bits per heavy atom. The Morgan fingerprint density at radius 1 is 1.50 bits per heavy atom. The van der Waals surface area contributed by atoms with Crippen molar-refractivity contribution in [1.82, 2.24) is 4.90 Å². The normalized spacial score (nSPS) is 19.9. The van der Waals surface area contributed by atoms with Crippen molar-refractivity contribution in [2.45, 2.75) is 38.6 Å². The molecule has 1 aromatic rings. The number of aryl methyl sites for hydroxylation is 2. The molecule has 0 aromatic heterocycles. The van der Waals surface area contributed by atoms with E-state index in [1.165, 1.54) is 11.1 Å². The standard InChI is InChI=1S/C15H22N2O/c1-12-4-2-5-13(10-12)7-8-15(18)17-9-3-6-14(16)11-17/h2,4-5,10,14H,3,6-9,11,16H2,1H3/t14-/m1/s1. The zero-order valence-electron chi connectivity index (χ0n) is 11.1. The molecule has 1 aliphatic rings. The number of carbonyl (C=O) groups excluding carboxylic acids is 1. The molecule has 1 aromatic carbocycles. The maximum absolute atomic E-state index is 12.1. The summed E-state index contributed by atoms with van der Waals surface area (Å²) in [6, 6.07) is 8.53. The lowest BCUT2D eigenvalue weighted by molar-refractivity contribution is -0.132. The molecule has 3 heteroatoms. The third-order valence-electron chi connectivity index (χ3n) is 3.52. The maximum Gasteiger partial charge on any atom is 0.222 e. The van der Waals surface area contributed by atoms with Crippen LogP contribution in [0.3, 0.4) is 0 Å². The summed E-state index contributed by atoms with van der Waals surface area (Å²) in [7, 11) is 0. The molecule has 1 aliphatic heterocycles. The van der Waals surface area contributed by atoms with Crippen LogP contribution in [0.25, 0.3) is 0 Å². The highest BCUT2D eigenvalue weighted by Crippen LogP contribution is 2.12. The second-order valence-corrected chi connectivity index (χ2v) is 5.23. The van der Waals surface area contributed by atoms with E-state index in [2.05, 4.69) is 25.1 Å². The number of likely N-dealkylation sites (tertiary alicyclic amines) is 1. The Bertz CT molecular complexity index is 417. The van der Waals surface area contributed by atoms with Crippen LogP contribution in [0, 0.1) is 6.92 Å². The Labute approximate surface area is 109 Å². The van der Waals surface area contributed by atoms with Crippen molar-refractivity contribution in [3.05, 3.63) is 35.4 Å². The fourth-order valence-corrected chi connectivity index (χ4v) is 2.51. The third kappa shape index (κ3) is 3.57. The summed E-state index contributed by atoms with van der Waals surface area (Å²) < 4.78 is 0. The smallest absolute Gasteiger partial charge is 0.222 e. The average molecular weight is 246 g/mol. The van der Waals surface area contributed by atoms with E-state index in [-0.39, 0.29) is 11.9 Å². The molecule has 2 rings (SSSR count). The van der Waals surface area contributed by atoms with Gasteiger partial charge in [0.2, 0.25) is 5.91 Å². The van der Waals surface area contributed by atoms with Crippen molar-refractivity contribution < 1.29 is 4.79 Å². The molecule has 0 bridgehead atoms. The second-order valence-electron chi connectivity index (χ2n) is 5.23. The van der Waals surface area contributed by atoms with E-state index in [0.29, 0.717) is 6.42 Å². The number of nitrogens with zero attached hydrogens (tertiary/aromatic N) is 1. The number of carbonyl (C=O) groups is 1. The van der Waals surface area contributed by atoms with Crippen LogP contribution in [0.2, 0.25) is 0 Å². The monoisotopic (exact) mass is 246 g/mol. The number of benzene rings is 1. The van der Waals surface area contributed by atoms with Crippen LogP contribution < -0.4 is 5.73 Å². The SMILES string of the molecule is Cc1cccc(CCC(=O)N2CCC[C@@H](N)C2)c1. The minimum absolute atomic E-state index is 0.168. The summed E-state index contributed by atoms with van der Waals surface area (Å²) in [4.78, 5) is 14.0. The number of rotatable bonds is 3. The molecule has 1 saturated heterocycles. The largest absolute Gasteiger partial charge is 0.341 e. The van der Waals surface area contributed by atoms with E-state index in [0.717, 1.165) is 32.4 Å². The fraction of sp³-hybridized carbons (Fsp3) is 0.533. The fourth-order valence-electron chi connectivity index (χ4n) is 2.51. The lowest BCUT2D eigenvalue weighted by Crippen LogP contribution is -2.45. The lowest BCUT2D eigenvalue weighted by atomic mass is 10.0. The molecule has 2 N–H and O–H groups in total. The number of hydrogen-bond donors (Lipinski definition) is 1. The van der Waals surface area contributed by atoms with Gasteiger partial charge in [-0.2, -0.15) is 0 Å². The minimum atomic E-state index is 0.168. The number of nitrogens with two attached hydrogens (primary N) is 1. The summed E-state index contributed by atoms with van der Waals surface area (Å²) in [6.07, 6.45) is 3.50. The van der Waals surface area contributed by atoms with Crippen molar-refractivity contribution in [1.29, 1.82) is 0 Å². The van der Waals surface area contributed by atoms with E-state index in [1.807, 2.05) is 11.0 Å². The van der Waals surface area contributed by atoms with Gasteiger partial charge in [-0.25, -0.2) is 0 Å². The third-order valence-corrected chi connectivity index (χ3v) is 3.52. The van der Waals surface area contributed by atoms with Gasteiger partial charge in [0.05, 0.1) is 0 Å². The first-order valence-electron chi connectivity index (χ1n) is 6.74. The highest BCUT2D eigenvalue weighted by Gasteiger charge is 2.20. The molecule has 0 radical (unpaired) electrons. The van der Waals surface area contributed by atoms with Crippen LogP contribution in [0.1, 0.15) is 30.4 Å². The number of hydrogen-bond acceptors (Lipinski definition) is 2. The lowest BCUT2D eigenvalue weighted by Gasteiger charge is -2.30. The van der Waals surface area contributed by atoms with Crippen molar-refractivity contribution in [3.8, 4) is 0 Å². The van der Waals surface area contributed by atoms with Crippen molar-refractivity contribution in [2.24, 2.45) is 5.73 Å². The van der Waals surface area contributed by atoms with Crippen LogP contribution in [0.15, 0.2) is 24.3 Å². The zero-order valence-corrected chi connectivity index (χ0v) is 11.1. The predicted molar refractivity (Wildman–Crippen MR) is 73.3 cm³/mol. The number of amides is 1. The van der Waals surface area contributed by atoms with Gasteiger partial charge in [-0.3, -0.25) is 4.79 Å². The van der Waals surface area contributed by atoms with Gasteiger partial charge in [0.1, 0.15) is 0 Å². The average Bonchev–Trinajstić information content (AvgIpc) is 2.36. The first kappa shape index (κ1) is 13.1. The molecule has 18 heavy (non-hydrogen) atoms. The topological polar surface area (TPSA) is 46.3 Å². The van der Waals surface area contributed by atoms with Crippen LogP contribution in [0.4, 0.5) is 0 Å². The highest BCUT2D eigenvalue weighted by molar-refractivity contribution is 5.76. The van der Waals surface area contributed by atoms with Gasteiger partial charge in [-0.1, -0.05) is 29.8 Å². The van der Waals surface area contributed by atoms with Gasteiger partial charge in [-0.15, -0.1) is 0 Å². The van der Waals surface area contributed by atoms with E-state index in [1.54, 1.807) is 0 Å². The van der Waals surface area contributed by atoms with Gasteiger partial charge in [0, 0.05) is 25.6 Å². The summed E-state index contributed by atoms with van der Waals surface area (Å²) in [5, 5.41) is 0. The van der Waals surface area contributed by atoms with Gasteiger partial charge in [0.15, 0.2) is 0 Å². The van der Waals surface area contributed by atoms with Crippen LogP contribution in [-0.2, 0) is 11.2 Å². The van der Waals surface area contributed by atoms with Gasteiger partial charge >= 0.3 is 0 Å². The highest BCUT2D eigenvalue weighted by atomic mass is 16.2. The zero-order chi connectivity index (χ0) is 13.0. The van der Waals surface area contributed by atoms with E-state index in [9.17, 15) is 4.79 Å². The maximum atomic E-state index is 12.1. The molecule has 1 heterocycles. The van der Waals surface area contributed by atoms with Crippen molar-refractivity contribution >= 4 is 5.91 Å².